The average molecular weight is 364 g/mol. The smallest absolute Gasteiger partial charge is 0.221 e. The third-order valence-electron chi connectivity index (χ3n) is 4.48. The van der Waals surface area contributed by atoms with Crippen molar-refractivity contribution in [2.24, 2.45) is 0 Å². The Morgan fingerprint density at radius 2 is 1.80 bits per heavy atom. The molecule has 0 saturated carbocycles. The molecule has 5 nitrogen and oxygen atoms in total. The molecule has 2 aromatic carbocycles. The van der Waals surface area contributed by atoms with Crippen LogP contribution < -0.4 is 0 Å². The number of hydrogen-bond acceptors (Lipinski definition) is 4. The number of benzene rings is 2. The standard InChI is InChI=1S/C18H21FN2O3S/c1-20(12-14-8-4-3-5-9-14)25(22,23)17-13-24-21(2)18(17)15-10-6-7-11-16(15)19/h3-11,17-18H,12-13H2,1-2H3. The first-order valence-electron chi connectivity index (χ1n) is 8.00. The summed E-state index contributed by atoms with van der Waals surface area (Å²) in [4.78, 5) is 5.44. The average Bonchev–Trinajstić information content (AvgIpc) is 2.98. The fraction of sp³-hybridized carbons (Fsp3) is 0.333. The van der Waals surface area contributed by atoms with E-state index >= 15 is 0 Å². The Morgan fingerprint density at radius 1 is 1.16 bits per heavy atom. The molecule has 2 unspecified atom stereocenters. The van der Waals surface area contributed by atoms with Crippen LogP contribution in [0.2, 0.25) is 0 Å². The van der Waals surface area contributed by atoms with Crippen LogP contribution in [0.25, 0.3) is 0 Å². The molecule has 2 atom stereocenters. The number of hydrogen-bond donors (Lipinski definition) is 0. The van der Waals surface area contributed by atoms with Gasteiger partial charge in [-0.25, -0.2) is 17.1 Å². The fourth-order valence-corrected chi connectivity index (χ4v) is 4.79. The summed E-state index contributed by atoms with van der Waals surface area (Å²) in [5.74, 6) is -0.434. The monoisotopic (exact) mass is 364 g/mol. The quantitative estimate of drug-likeness (QED) is 0.818. The summed E-state index contributed by atoms with van der Waals surface area (Å²) < 4.78 is 41.7. The zero-order chi connectivity index (χ0) is 18.0. The lowest BCUT2D eigenvalue weighted by molar-refractivity contribution is -0.111. The second-order valence-electron chi connectivity index (χ2n) is 6.13. The van der Waals surface area contributed by atoms with E-state index < -0.39 is 27.1 Å². The van der Waals surface area contributed by atoms with E-state index in [9.17, 15) is 12.8 Å². The summed E-state index contributed by atoms with van der Waals surface area (Å²) in [6.45, 7) is 0.254. The third-order valence-corrected chi connectivity index (χ3v) is 6.63. The highest BCUT2D eigenvalue weighted by molar-refractivity contribution is 7.89. The largest absolute Gasteiger partial charge is 0.297 e. The molecular formula is C18H21FN2O3S. The number of sulfonamides is 1. The van der Waals surface area contributed by atoms with Crippen LogP contribution in [0.4, 0.5) is 4.39 Å². The summed E-state index contributed by atoms with van der Waals surface area (Å²) in [7, 11) is -0.514. The van der Waals surface area contributed by atoms with Crippen molar-refractivity contribution < 1.29 is 17.6 Å². The molecule has 0 amide bonds. The lowest BCUT2D eigenvalue weighted by Gasteiger charge is -2.27. The van der Waals surface area contributed by atoms with Gasteiger partial charge in [0, 0.05) is 26.2 Å². The molecule has 1 aliphatic rings. The molecule has 1 heterocycles. The Bertz CT molecular complexity index is 829. The normalized spacial score (nSPS) is 21.8. The van der Waals surface area contributed by atoms with E-state index in [1.54, 1.807) is 32.3 Å². The molecule has 0 aromatic heterocycles. The Balaban J connectivity index is 1.89. The summed E-state index contributed by atoms with van der Waals surface area (Å²) in [5, 5.41) is 0.555. The first-order chi connectivity index (χ1) is 11.9. The van der Waals surface area contributed by atoms with Gasteiger partial charge in [-0.15, -0.1) is 0 Å². The fourth-order valence-electron chi connectivity index (χ4n) is 3.12. The van der Waals surface area contributed by atoms with E-state index in [1.807, 2.05) is 30.3 Å². The highest BCUT2D eigenvalue weighted by Gasteiger charge is 2.45. The van der Waals surface area contributed by atoms with Crippen LogP contribution in [-0.2, 0) is 21.4 Å². The summed E-state index contributed by atoms with van der Waals surface area (Å²) in [5.41, 5.74) is 1.22. The molecule has 1 saturated heterocycles. The highest BCUT2D eigenvalue weighted by Crippen LogP contribution is 2.36. The van der Waals surface area contributed by atoms with Gasteiger partial charge in [-0.2, -0.15) is 5.06 Å². The van der Waals surface area contributed by atoms with Crippen LogP contribution in [-0.4, -0.2) is 43.7 Å². The molecule has 0 spiro atoms. The minimum atomic E-state index is -3.68. The summed E-state index contributed by atoms with van der Waals surface area (Å²) >= 11 is 0. The first kappa shape index (κ1) is 18.0. The minimum Gasteiger partial charge on any atom is -0.297 e. The second-order valence-corrected chi connectivity index (χ2v) is 8.39. The van der Waals surface area contributed by atoms with Crippen molar-refractivity contribution in [3.63, 3.8) is 0 Å². The molecule has 7 heteroatoms. The molecular weight excluding hydrogens is 343 g/mol. The molecule has 0 radical (unpaired) electrons. The van der Waals surface area contributed by atoms with Crippen molar-refractivity contribution in [1.82, 2.24) is 9.37 Å². The second kappa shape index (κ2) is 7.21. The van der Waals surface area contributed by atoms with Crippen molar-refractivity contribution in [1.29, 1.82) is 0 Å². The van der Waals surface area contributed by atoms with Gasteiger partial charge < -0.3 is 0 Å². The van der Waals surface area contributed by atoms with E-state index in [4.69, 9.17) is 4.84 Å². The van der Waals surface area contributed by atoms with E-state index in [2.05, 4.69) is 0 Å². The molecule has 3 rings (SSSR count). The van der Waals surface area contributed by atoms with Crippen LogP contribution in [0, 0.1) is 5.82 Å². The van der Waals surface area contributed by atoms with Crippen molar-refractivity contribution in [2.45, 2.75) is 17.8 Å². The Hall–Kier alpha value is -1.80. The van der Waals surface area contributed by atoms with Gasteiger partial charge >= 0.3 is 0 Å². The zero-order valence-corrected chi connectivity index (χ0v) is 15.0. The van der Waals surface area contributed by atoms with Gasteiger partial charge in [-0.1, -0.05) is 48.5 Å². The lowest BCUT2D eigenvalue weighted by Crippen LogP contribution is -2.40. The van der Waals surface area contributed by atoms with Crippen LogP contribution in [0.15, 0.2) is 54.6 Å². The van der Waals surface area contributed by atoms with Gasteiger partial charge in [0.25, 0.3) is 0 Å². The molecule has 1 aliphatic heterocycles. The van der Waals surface area contributed by atoms with Crippen LogP contribution in [0.5, 0.6) is 0 Å². The number of nitrogens with zero attached hydrogens (tertiary/aromatic N) is 2. The van der Waals surface area contributed by atoms with Crippen LogP contribution >= 0.6 is 0 Å². The maximum Gasteiger partial charge on any atom is 0.221 e. The van der Waals surface area contributed by atoms with E-state index in [1.165, 1.54) is 15.4 Å². The van der Waals surface area contributed by atoms with Crippen molar-refractivity contribution >= 4 is 10.0 Å². The predicted molar refractivity (Wildman–Crippen MR) is 93.5 cm³/mol. The third kappa shape index (κ3) is 3.59. The Kier molecular flexibility index (Phi) is 5.19. The van der Waals surface area contributed by atoms with Gasteiger partial charge in [0.1, 0.15) is 11.1 Å². The zero-order valence-electron chi connectivity index (χ0n) is 14.2. The molecule has 2 aromatic rings. The van der Waals surface area contributed by atoms with Crippen molar-refractivity contribution in [3.8, 4) is 0 Å². The molecule has 0 aliphatic carbocycles. The van der Waals surface area contributed by atoms with Gasteiger partial charge in [0.15, 0.2) is 0 Å². The van der Waals surface area contributed by atoms with Crippen LogP contribution in [0.1, 0.15) is 17.2 Å². The van der Waals surface area contributed by atoms with Crippen LogP contribution in [0.3, 0.4) is 0 Å². The van der Waals surface area contributed by atoms with E-state index in [-0.39, 0.29) is 13.2 Å². The topological polar surface area (TPSA) is 49.9 Å². The van der Waals surface area contributed by atoms with Gasteiger partial charge in [0.05, 0.1) is 12.6 Å². The van der Waals surface area contributed by atoms with E-state index in [0.29, 0.717) is 5.56 Å². The Labute approximate surface area is 147 Å². The summed E-state index contributed by atoms with van der Waals surface area (Å²) in [6.07, 6.45) is 0. The molecule has 1 fully saturated rings. The van der Waals surface area contributed by atoms with E-state index in [0.717, 1.165) is 5.56 Å². The van der Waals surface area contributed by atoms with Crippen molar-refractivity contribution in [3.05, 3.63) is 71.5 Å². The highest BCUT2D eigenvalue weighted by atomic mass is 32.2. The summed E-state index contributed by atoms with van der Waals surface area (Å²) in [6, 6.07) is 14.9. The minimum absolute atomic E-state index is 0.00301. The number of hydroxylamine groups is 2. The van der Waals surface area contributed by atoms with Gasteiger partial charge in [-0.05, 0) is 11.6 Å². The van der Waals surface area contributed by atoms with Gasteiger partial charge in [-0.3, -0.25) is 4.84 Å². The predicted octanol–water partition coefficient (Wildman–Crippen LogP) is 2.57. The number of rotatable bonds is 5. The molecule has 25 heavy (non-hydrogen) atoms. The molecule has 0 bridgehead atoms. The number of halogens is 1. The van der Waals surface area contributed by atoms with Gasteiger partial charge in [0.2, 0.25) is 10.0 Å². The molecule has 134 valence electrons. The maximum atomic E-state index is 14.2. The maximum absolute atomic E-state index is 14.2. The van der Waals surface area contributed by atoms with Crippen molar-refractivity contribution in [2.75, 3.05) is 20.7 Å². The Morgan fingerprint density at radius 3 is 2.48 bits per heavy atom. The molecule has 0 N–H and O–H groups in total. The lowest BCUT2D eigenvalue weighted by atomic mass is 10.0. The SMILES string of the molecule is CN1OCC(S(=O)(=O)N(C)Cc2ccccc2)C1c1ccccc1F. The first-order valence-corrected chi connectivity index (χ1v) is 9.51.